The van der Waals surface area contributed by atoms with Gasteiger partial charge in [0.2, 0.25) is 5.13 Å². The third-order valence-electron chi connectivity index (χ3n) is 4.10. The van der Waals surface area contributed by atoms with Crippen LogP contribution in [-0.4, -0.2) is 47.9 Å². The number of amides is 2. The number of nitrogens with one attached hydrogen (secondary N) is 2. The molecule has 0 saturated carbocycles. The predicted molar refractivity (Wildman–Crippen MR) is 93.5 cm³/mol. The second-order valence-electron chi connectivity index (χ2n) is 5.61. The number of benzene rings is 1. The van der Waals surface area contributed by atoms with Gasteiger partial charge in [-0.25, -0.2) is 4.79 Å². The van der Waals surface area contributed by atoms with Crippen LogP contribution in [0.25, 0.3) is 0 Å². The van der Waals surface area contributed by atoms with E-state index in [1.807, 2.05) is 18.2 Å². The third kappa shape index (κ3) is 4.21. The number of likely N-dealkylation sites (tertiary alicyclic amines) is 1. The van der Waals surface area contributed by atoms with Gasteiger partial charge in [-0.05, 0) is 43.6 Å². The van der Waals surface area contributed by atoms with Crippen LogP contribution in [0, 0.1) is 0 Å². The number of anilines is 1. The van der Waals surface area contributed by atoms with E-state index in [1.165, 1.54) is 24.2 Å². The van der Waals surface area contributed by atoms with E-state index in [-0.39, 0.29) is 12.1 Å². The van der Waals surface area contributed by atoms with Crippen molar-refractivity contribution in [2.45, 2.75) is 18.9 Å². The van der Waals surface area contributed by atoms with Crippen molar-refractivity contribution < 1.29 is 9.53 Å². The molecule has 1 fully saturated rings. The minimum absolute atomic E-state index is 0.128. The fourth-order valence-corrected chi connectivity index (χ4v) is 3.36. The number of ether oxygens (including phenoxy) is 1. The molecule has 1 aromatic carbocycles. The fraction of sp³-hybridized carbons (Fsp3) is 0.438. The van der Waals surface area contributed by atoms with Crippen LogP contribution >= 0.6 is 11.3 Å². The van der Waals surface area contributed by atoms with Crippen molar-refractivity contribution in [2.24, 2.45) is 0 Å². The molecule has 8 heteroatoms. The zero-order chi connectivity index (χ0) is 16.8. The van der Waals surface area contributed by atoms with Gasteiger partial charge >= 0.3 is 6.03 Å². The lowest BCUT2D eigenvalue weighted by molar-refractivity contribution is 0.227. The first kappa shape index (κ1) is 16.7. The van der Waals surface area contributed by atoms with Gasteiger partial charge in [-0.3, -0.25) is 10.2 Å². The lowest BCUT2D eigenvalue weighted by Gasteiger charge is -2.28. The molecule has 128 valence electrons. The molecule has 2 N–H and O–H groups in total. The zero-order valence-electron chi connectivity index (χ0n) is 13.6. The Morgan fingerprint density at radius 2 is 2.25 bits per heavy atom. The topological polar surface area (TPSA) is 79.4 Å². The summed E-state index contributed by atoms with van der Waals surface area (Å²) >= 11 is 1.29. The number of aromatic nitrogens is 2. The molecule has 0 spiro atoms. The first-order chi connectivity index (χ1) is 11.8. The van der Waals surface area contributed by atoms with E-state index in [1.54, 1.807) is 12.6 Å². The van der Waals surface area contributed by atoms with Crippen LogP contribution in [0.15, 0.2) is 29.8 Å². The van der Waals surface area contributed by atoms with Gasteiger partial charge in [0.15, 0.2) is 0 Å². The number of rotatable bonds is 6. The Bertz CT molecular complexity index is 658. The average molecular weight is 347 g/mol. The van der Waals surface area contributed by atoms with Crippen molar-refractivity contribution in [1.82, 2.24) is 20.4 Å². The summed E-state index contributed by atoms with van der Waals surface area (Å²) in [7, 11) is 1.66. The van der Waals surface area contributed by atoms with E-state index in [2.05, 4.69) is 31.8 Å². The van der Waals surface area contributed by atoms with Gasteiger partial charge in [0.05, 0.1) is 13.2 Å². The maximum Gasteiger partial charge on any atom is 0.321 e. The van der Waals surface area contributed by atoms with Gasteiger partial charge in [0.1, 0.15) is 11.3 Å². The van der Waals surface area contributed by atoms with Crippen LogP contribution in [0.1, 0.15) is 24.4 Å². The Kier molecular flexibility index (Phi) is 5.60. The second kappa shape index (κ2) is 8.07. The zero-order valence-corrected chi connectivity index (χ0v) is 14.4. The molecule has 24 heavy (non-hydrogen) atoms. The standard InChI is InChI=1S/C16H21N5O2S/c1-23-13-6-4-5-12(9-13)14(21-7-2-3-8-21)10-17-15(22)19-16-20-18-11-24-16/h4-6,9,11,14H,2-3,7-8,10H2,1H3,(H2,17,19,20,22). The summed E-state index contributed by atoms with van der Waals surface area (Å²) in [5.41, 5.74) is 2.73. The van der Waals surface area contributed by atoms with E-state index >= 15 is 0 Å². The molecule has 1 aliphatic heterocycles. The Morgan fingerprint density at radius 1 is 1.42 bits per heavy atom. The van der Waals surface area contributed by atoms with E-state index in [0.717, 1.165) is 24.4 Å². The number of methoxy groups -OCH3 is 1. The number of urea groups is 1. The molecule has 1 aromatic heterocycles. The number of hydrogen-bond donors (Lipinski definition) is 2. The summed E-state index contributed by atoms with van der Waals surface area (Å²) in [6, 6.07) is 7.89. The predicted octanol–water partition coefficient (Wildman–Crippen LogP) is 2.51. The van der Waals surface area contributed by atoms with Crippen LogP contribution in [0.5, 0.6) is 5.75 Å². The van der Waals surface area contributed by atoms with Crippen molar-refractivity contribution in [3.63, 3.8) is 0 Å². The monoisotopic (exact) mass is 347 g/mol. The molecule has 2 heterocycles. The number of carbonyl (C=O) groups excluding carboxylic acids is 1. The average Bonchev–Trinajstić information content (AvgIpc) is 3.29. The lowest BCUT2D eigenvalue weighted by Crippen LogP contribution is -2.38. The first-order valence-electron chi connectivity index (χ1n) is 7.95. The third-order valence-corrected chi connectivity index (χ3v) is 4.70. The largest absolute Gasteiger partial charge is 0.497 e. The van der Waals surface area contributed by atoms with Crippen LogP contribution in [-0.2, 0) is 0 Å². The second-order valence-corrected chi connectivity index (χ2v) is 6.45. The maximum absolute atomic E-state index is 12.1. The number of carbonyl (C=O) groups is 1. The van der Waals surface area contributed by atoms with Crippen LogP contribution in [0.4, 0.5) is 9.93 Å². The van der Waals surface area contributed by atoms with Crippen LogP contribution in [0.2, 0.25) is 0 Å². The highest BCUT2D eigenvalue weighted by atomic mass is 32.1. The van der Waals surface area contributed by atoms with Gasteiger partial charge in [-0.15, -0.1) is 10.2 Å². The molecular formula is C16H21N5O2S. The van der Waals surface area contributed by atoms with Crippen molar-refractivity contribution in [1.29, 1.82) is 0 Å². The first-order valence-corrected chi connectivity index (χ1v) is 8.83. The summed E-state index contributed by atoms with van der Waals surface area (Å²) in [4.78, 5) is 14.5. The Hall–Kier alpha value is -2.19. The molecule has 2 amide bonds. The minimum atomic E-state index is -0.265. The summed E-state index contributed by atoms with van der Waals surface area (Å²) in [6.45, 7) is 2.61. The van der Waals surface area contributed by atoms with E-state index in [4.69, 9.17) is 4.74 Å². The Balaban J connectivity index is 1.66. The van der Waals surface area contributed by atoms with E-state index in [9.17, 15) is 4.79 Å². The molecule has 2 aromatic rings. The smallest absolute Gasteiger partial charge is 0.321 e. The van der Waals surface area contributed by atoms with Crippen LogP contribution in [0.3, 0.4) is 0 Å². The van der Waals surface area contributed by atoms with Crippen molar-refractivity contribution in [3.8, 4) is 5.75 Å². The summed E-state index contributed by atoms with van der Waals surface area (Å²) in [6.07, 6.45) is 2.38. The highest BCUT2D eigenvalue weighted by molar-refractivity contribution is 7.13. The fourth-order valence-electron chi connectivity index (χ4n) is 2.92. The van der Waals surface area contributed by atoms with Crippen LogP contribution < -0.4 is 15.4 Å². The lowest BCUT2D eigenvalue weighted by atomic mass is 10.1. The van der Waals surface area contributed by atoms with Crippen molar-refractivity contribution >= 4 is 22.5 Å². The molecule has 3 rings (SSSR count). The van der Waals surface area contributed by atoms with Gasteiger partial charge < -0.3 is 10.1 Å². The highest BCUT2D eigenvalue weighted by Gasteiger charge is 2.24. The van der Waals surface area contributed by atoms with Crippen molar-refractivity contribution in [3.05, 3.63) is 35.3 Å². The molecule has 1 unspecified atom stereocenters. The summed E-state index contributed by atoms with van der Waals surface area (Å²) in [5.74, 6) is 0.829. The Labute approximate surface area is 145 Å². The van der Waals surface area contributed by atoms with E-state index in [0.29, 0.717) is 11.7 Å². The molecule has 1 aliphatic rings. The number of hydrogen-bond acceptors (Lipinski definition) is 6. The molecule has 1 atom stereocenters. The summed E-state index contributed by atoms with van der Waals surface area (Å²) in [5, 5.41) is 13.6. The molecule has 7 nitrogen and oxygen atoms in total. The number of nitrogens with zero attached hydrogens (tertiary/aromatic N) is 3. The molecular weight excluding hydrogens is 326 g/mol. The maximum atomic E-state index is 12.1. The quantitative estimate of drug-likeness (QED) is 0.839. The summed E-state index contributed by atoms with van der Waals surface area (Å²) < 4.78 is 5.33. The van der Waals surface area contributed by atoms with Crippen molar-refractivity contribution in [2.75, 3.05) is 32.1 Å². The highest BCUT2D eigenvalue weighted by Crippen LogP contribution is 2.27. The molecule has 0 bridgehead atoms. The van der Waals surface area contributed by atoms with Gasteiger partial charge in [0.25, 0.3) is 0 Å². The SMILES string of the molecule is COc1cccc(C(CNC(=O)Nc2nncs2)N2CCCC2)c1. The molecule has 0 radical (unpaired) electrons. The molecule has 1 saturated heterocycles. The Morgan fingerprint density at radius 3 is 2.96 bits per heavy atom. The van der Waals surface area contributed by atoms with Gasteiger partial charge in [-0.1, -0.05) is 23.5 Å². The normalized spacial score (nSPS) is 15.9. The van der Waals surface area contributed by atoms with E-state index < -0.39 is 0 Å². The minimum Gasteiger partial charge on any atom is -0.497 e. The van der Waals surface area contributed by atoms with Gasteiger partial charge in [0, 0.05) is 6.54 Å². The van der Waals surface area contributed by atoms with Gasteiger partial charge in [-0.2, -0.15) is 0 Å². The molecule has 0 aliphatic carbocycles.